The van der Waals surface area contributed by atoms with Crippen molar-refractivity contribution < 1.29 is 9.47 Å². The zero-order valence-electron chi connectivity index (χ0n) is 6.96. The molecular weight excluding hydrogens is 130 g/mol. The number of hydrogen-bond acceptors (Lipinski definition) is 3. The minimum Gasteiger partial charge on any atom is -0.356 e. The Hall–Kier alpha value is -0.120. The fourth-order valence-electron chi connectivity index (χ4n) is 0.713. The Morgan fingerprint density at radius 2 is 1.80 bits per heavy atom. The lowest BCUT2D eigenvalue weighted by molar-refractivity contribution is -0.112. The fraction of sp³-hybridized carbons (Fsp3) is 1.00. The van der Waals surface area contributed by atoms with E-state index < -0.39 is 0 Å². The maximum atomic E-state index is 5.42. The maximum absolute atomic E-state index is 5.42. The van der Waals surface area contributed by atoms with Gasteiger partial charge in [0.15, 0.2) is 6.29 Å². The van der Waals surface area contributed by atoms with Crippen LogP contribution in [0.4, 0.5) is 0 Å². The third-order valence-electron chi connectivity index (χ3n) is 1.52. The number of rotatable bonds is 5. The Labute approximate surface area is 62.5 Å². The highest BCUT2D eigenvalue weighted by atomic mass is 16.7. The molecular formula is C7H17NO2. The number of methoxy groups -OCH3 is 2. The van der Waals surface area contributed by atoms with Crippen molar-refractivity contribution in [3.05, 3.63) is 0 Å². The molecule has 3 heteroatoms. The summed E-state index contributed by atoms with van der Waals surface area (Å²) < 4.78 is 9.99. The van der Waals surface area contributed by atoms with Crippen LogP contribution in [0.5, 0.6) is 0 Å². The summed E-state index contributed by atoms with van der Waals surface area (Å²) in [5.41, 5.74) is 5.42. The van der Waals surface area contributed by atoms with Crippen LogP contribution < -0.4 is 5.73 Å². The maximum Gasteiger partial charge on any atom is 0.157 e. The highest BCUT2D eigenvalue weighted by molar-refractivity contribution is 4.54. The summed E-state index contributed by atoms with van der Waals surface area (Å²) in [5, 5.41) is 0. The van der Waals surface area contributed by atoms with E-state index in [-0.39, 0.29) is 6.29 Å². The van der Waals surface area contributed by atoms with Crippen LogP contribution in [-0.4, -0.2) is 27.1 Å². The number of ether oxygens (including phenoxy) is 2. The average Bonchev–Trinajstić information content (AvgIpc) is 1.99. The average molecular weight is 147 g/mol. The molecule has 0 heterocycles. The van der Waals surface area contributed by atoms with Gasteiger partial charge >= 0.3 is 0 Å². The van der Waals surface area contributed by atoms with Gasteiger partial charge in [-0.25, -0.2) is 0 Å². The standard InChI is InChI=1S/C7H17NO2/c1-6(5-8)4-7(9-2)10-3/h6-7H,4-5,8H2,1-3H3/t6-/m1/s1. The number of nitrogens with two attached hydrogens (primary N) is 1. The van der Waals surface area contributed by atoms with Gasteiger partial charge in [-0.1, -0.05) is 6.92 Å². The monoisotopic (exact) mass is 147 g/mol. The van der Waals surface area contributed by atoms with Crippen LogP contribution in [0.25, 0.3) is 0 Å². The van der Waals surface area contributed by atoms with Gasteiger partial charge in [-0.15, -0.1) is 0 Å². The smallest absolute Gasteiger partial charge is 0.157 e. The van der Waals surface area contributed by atoms with Gasteiger partial charge in [-0.3, -0.25) is 0 Å². The summed E-state index contributed by atoms with van der Waals surface area (Å²) in [6.45, 7) is 2.76. The molecule has 0 amide bonds. The van der Waals surface area contributed by atoms with Crippen LogP contribution in [0.15, 0.2) is 0 Å². The highest BCUT2D eigenvalue weighted by Gasteiger charge is 2.08. The topological polar surface area (TPSA) is 44.5 Å². The van der Waals surface area contributed by atoms with Crippen molar-refractivity contribution in [3.63, 3.8) is 0 Å². The molecule has 0 radical (unpaired) electrons. The molecule has 0 aliphatic carbocycles. The second-order valence-electron chi connectivity index (χ2n) is 2.48. The first-order chi connectivity index (χ1) is 4.74. The minimum atomic E-state index is -0.0986. The third-order valence-corrected chi connectivity index (χ3v) is 1.52. The summed E-state index contributed by atoms with van der Waals surface area (Å²) in [6.07, 6.45) is 0.766. The van der Waals surface area contributed by atoms with E-state index in [9.17, 15) is 0 Å². The first-order valence-corrected chi connectivity index (χ1v) is 3.50. The summed E-state index contributed by atoms with van der Waals surface area (Å²) in [5.74, 6) is 0.463. The van der Waals surface area contributed by atoms with Crippen molar-refractivity contribution in [3.8, 4) is 0 Å². The van der Waals surface area contributed by atoms with Crippen molar-refractivity contribution in [2.75, 3.05) is 20.8 Å². The summed E-state index contributed by atoms with van der Waals surface area (Å²) in [6, 6.07) is 0. The fourth-order valence-corrected chi connectivity index (χ4v) is 0.713. The molecule has 0 aliphatic heterocycles. The third kappa shape index (κ3) is 3.82. The van der Waals surface area contributed by atoms with Crippen LogP contribution in [0.3, 0.4) is 0 Å². The second-order valence-corrected chi connectivity index (χ2v) is 2.48. The van der Waals surface area contributed by atoms with Gasteiger partial charge in [0.25, 0.3) is 0 Å². The minimum absolute atomic E-state index is 0.0986. The predicted molar refractivity (Wildman–Crippen MR) is 40.6 cm³/mol. The molecule has 0 aromatic carbocycles. The van der Waals surface area contributed by atoms with Gasteiger partial charge in [0, 0.05) is 20.6 Å². The summed E-state index contributed by atoms with van der Waals surface area (Å²) >= 11 is 0. The van der Waals surface area contributed by atoms with E-state index >= 15 is 0 Å². The van der Waals surface area contributed by atoms with Crippen LogP contribution in [-0.2, 0) is 9.47 Å². The van der Waals surface area contributed by atoms with E-state index in [2.05, 4.69) is 6.92 Å². The first-order valence-electron chi connectivity index (χ1n) is 3.50. The quantitative estimate of drug-likeness (QED) is 0.579. The molecule has 0 aromatic rings. The van der Waals surface area contributed by atoms with Crippen LogP contribution in [0.2, 0.25) is 0 Å². The van der Waals surface area contributed by atoms with Crippen molar-refractivity contribution in [1.29, 1.82) is 0 Å². The van der Waals surface area contributed by atoms with Gasteiger partial charge < -0.3 is 15.2 Å². The van der Waals surface area contributed by atoms with Crippen LogP contribution in [0, 0.1) is 5.92 Å². The number of hydrogen-bond donors (Lipinski definition) is 1. The first kappa shape index (κ1) is 9.88. The molecule has 1 atom stereocenters. The van der Waals surface area contributed by atoms with E-state index in [0.29, 0.717) is 12.5 Å². The van der Waals surface area contributed by atoms with Gasteiger partial charge in [0.1, 0.15) is 0 Å². The van der Waals surface area contributed by atoms with Crippen molar-refractivity contribution in [2.24, 2.45) is 11.7 Å². The molecule has 0 unspecified atom stereocenters. The van der Waals surface area contributed by atoms with E-state index in [0.717, 1.165) is 6.42 Å². The van der Waals surface area contributed by atoms with Crippen LogP contribution in [0.1, 0.15) is 13.3 Å². The Morgan fingerprint density at radius 3 is 2.10 bits per heavy atom. The van der Waals surface area contributed by atoms with Gasteiger partial charge in [0.2, 0.25) is 0 Å². The molecule has 62 valence electrons. The van der Waals surface area contributed by atoms with Gasteiger partial charge in [-0.05, 0) is 12.5 Å². The lowest BCUT2D eigenvalue weighted by Crippen LogP contribution is -2.21. The lowest BCUT2D eigenvalue weighted by atomic mass is 10.1. The molecule has 2 N–H and O–H groups in total. The summed E-state index contributed by atoms with van der Waals surface area (Å²) in [7, 11) is 3.27. The Bertz CT molecular complexity index is 74.0. The van der Waals surface area contributed by atoms with Crippen LogP contribution >= 0.6 is 0 Å². The van der Waals surface area contributed by atoms with Crippen molar-refractivity contribution >= 4 is 0 Å². The Balaban J connectivity index is 3.41. The summed E-state index contributed by atoms with van der Waals surface area (Å²) in [4.78, 5) is 0. The van der Waals surface area contributed by atoms with Crippen molar-refractivity contribution in [2.45, 2.75) is 19.6 Å². The second kappa shape index (κ2) is 5.65. The zero-order valence-corrected chi connectivity index (χ0v) is 6.96. The SMILES string of the molecule is COC(C[C@@H](C)CN)OC. The molecule has 0 aliphatic rings. The molecule has 0 bridgehead atoms. The molecule has 10 heavy (non-hydrogen) atoms. The van der Waals surface area contributed by atoms with E-state index in [1.54, 1.807) is 14.2 Å². The zero-order chi connectivity index (χ0) is 7.98. The highest BCUT2D eigenvalue weighted by Crippen LogP contribution is 2.06. The molecule has 0 rings (SSSR count). The lowest BCUT2D eigenvalue weighted by Gasteiger charge is -2.16. The van der Waals surface area contributed by atoms with Gasteiger partial charge in [0.05, 0.1) is 0 Å². The van der Waals surface area contributed by atoms with Gasteiger partial charge in [-0.2, -0.15) is 0 Å². The molecule has 0 saturated heterocycles. The van der Waals surface area contributed by atoms with E-state index in [4.69, 9.17) is 15.2 Å². The predicted octanol–water partition coefficient (Wildman–Crippen LogP) is 0.590. The van der Waals surface area contributed by atoms with E-state index in [1.807, 2.05) is 0 Å². The van der Waals surface area contributed by atoms with E-state index in [1.165, 1.54) is 0 Å². The Kier molecular flexibility index (Phi) is 5.58. The molecule has 3 nitrogen and oxygen atoms in total. The largest absolute Gasteiger partial charge is 0.356 e. The van der Waals surface area contributed by atoms with Crippen molar-refractivity contribution in [1.82, 2.24) is 0 Å². The Morgan fingerprint density at radius 1 is 1.30 bits per heavy atom. The molecule has 0 aromatic heterocycles. The molecule has 0 fully saturated rings. The normalized spacial score (nSPS) is 14.1. The molecule has 0 saturated carbocycles. The molecule has 0 spiro atoms.